The Bertz CT molecular complexity index is 716. The SMILES string of the molecule is COc1cccc2sc(C(=O)N3CCS(=O)CC3)c(N)c12. The third-order valence-corrected chi connectivity index (χ3v) is 6.03. The number of rotatable bonds is 2. The summed E-state index contributed by atoms with van der Waals surface area (Å²) in [6.07, 6.45) is 0. The molecule has 1 fully saturated rings. The fourth-order valence-electron chi connectivity index (χ4n) is 2.45. The molecule has 1 saturated heterocycles. The normalized spacial score (nSPS) is 16.3. The molecule has 2 aromatic rings. The maximum Gasteiger partial charge on any atom is 0.266 e. The molecule has 1 aliphatic rings. The number of amides is 1. The van der Waals surface area contributed by atoms with Crippen LogP contribution in [0, 0.1) is 0 Å². The summed E-state index contributed by atoms with van der Waals surface area (Å²) in [5.74, 6) is 1.69. The van der Waals surface area contributed by atoms with Gasteiger partial charge in [-0.15, -0.1) is 11.3 Å². The Hall–Kier alpha value is -1.60. The van der Waals surface area contributed by atoms with Gasteiger partial charge in [-0.3, -0.25) is 9.00 Å². The molecule has 0 unspecified atom stereocenters. The van der Waals surface area contributed by atoms with E-state index in [1.165, 1.54) is 11.3 Å². The first-order valence-corrected chi connectivity index (χ1v) is 8.91. The highest BCUT2D eigenvalue weighted by Crippen LogP contribution is 2.39. The smallest absolute Gasteiger partial charge is 0.266 e. The molecule has 2 N–H and O–H groups in total. The number of nitrogen functional groups attached to an aromatic ring is 1. The lowest BCUT2D eigenvalue weighted by Crippen LogP contribution is -2.41. The molecule has 0 bridgehead atoms. The summed E-state index contributed by atoms with van der Waals surface area (Å²) < 4.78 is 17.7. The standard InChI is InChI=1S/C14H16N2O3S2/c1-19-9-3-2-4-10-11(9)12(15)13(20-10)14(17)16-5-7-21(18)8-6-16/h2-4H,5-8,15H2,1H3. The first-order chi connectivity index (χ1) is 10.1. The van der Waals surface area contributed by atoms with Crippen LogP contribution < -0.4 is 10.5 Å². The summed E-state index contributed by atoms with van der Waals surface area (Å²) in [6, 6.07) is 5.65. The van der Waals surface area contributed by atoms with Crippen LogP contribution in [0.2, 0.25) is 0 Å². The zero-order valence-electron chi connectivity index (χ0n) is 11.6. The van der Waals surface area contributed by atoms with Gasteiger partial charge in [-0.25, -0.2) is 0 Å². The molecule has 3 rings (SSSR count). The number of hydrogen-bond acceptors (Lipinski definition) is 5. The maximum absolute atomic E-state index is 12.6. The van der Waals surface area contributed by atoms with Crippen molar-refractivity contribution in [2.45, 2.75) is 0 Å². The number of benzene rings is 1. The molecule has 1 aliphatic heterocycles. The summed E-state index contributed by atoms with van der Waals surface area (Å²) in [6.45, 7) is 1.05. The van der Waals surface area contributed by atoms with E-state index in [2.05, 4.69) is 0 Å². The van der Waals surface area contributed by atoms with Crippen LogP contribution in [0.25, 0.3) is 10.1 Å². The van der Waals surface area contributed by atoms with Gasteiger partial charge in [0.1, 0.15) is 10.6 Å². The Morgan fingerprint density at radius 3 is 2.76 bits per heavy atom. The molecule has 1 aromatic heterocycles. The van der Waals surface area contributed by atoms with E-state index in [1.54, 1.807) is 12.0 Å². The third-order valence-electron chi connectivity index (χ3n) is 3.59. The van der Waals surface area contributed by atoms with E-state index in [4.69, 9.17) is 10.5 Å². The maximum atomic E-state index is 12.6. The van der Waals surface area contributed by atoms with Gasteiger partial charge in [0.25, 0.3) is 5.91 Å². The molecule has 1 amide bonds. The molecule has 1 aromatic carbocycles. The monoisotopic (exact) mass is 324 g/mol. The van der Waals surface area contributed by atoms with Crippen LogP contribution in [-0.2, 0) is 10.8 Å². The van der Waals surface area contributed by atoms with Gasteiger partial charge in [0.2, 0.25) is 0 Å². The van der Waals surface area contributed by atoms with Gasteiger partial charge in [-0.1, -0.05) is 6.07 Å². The second-order valence-electron chi connectivity index (χ2n) is 4.82. The number of ether oxygens (including phenoxy) is 1. The fraction of sp³-hybridized carbons (Fsp3) is 0.357. The first-order valence-electron chi connectivity index (χ1n) is 6.61. The molecular formula is C14H16N2O3S2. The highest BCUT2D eigenvalue weighted by molar-refractivity contribution is 7.85. The molecule has 2 heterocycles. The van der Waals surface area contributed by atoms with Gasteiger partial charge in [0.05, 0.1) is 18.2 Å². The van der Waals surface area contributed by atoms with Crippen LogP contribution in [0.1, 0.15) is 9.67 Å². The van der Waals surface area contributed by atoms with Gasteiger partial charge in [0.15, 0.2) is 0 Å². The minimum Gasteiger partial charge on any atom is -0.496 e. The molecule has 0 saturated carbocycles. The van der Waals surface area contributed by atoms with E-state index < -0.39 is 10.8 Å². The minimum absolute atomic E-state index is 0.0764. The summed E-state index contributed by atoms with van der Waals surface area (Å²) in [5.41, 5.74) is 6.65. The van der Waals surface area contributed by atoms with Gasteiger partial charge in [-0.2, -0.15) is 0 Å². The molecule has 5 nitrogen and oxygen atoms in total. The second-order valence-corrected chi connectivity index (χ2v) is 7.57. The molecule has 112 valence electrons. The van der Waals surface area contributed by atoms with E-state index in [0.29, 0.717) is 40.9 Å². The topological polar surface area (TPSA) is 72.6 Å². The zero-order chi connectivity index (χ0) is 15.0. The average molecular weight is 324 g/mol. The number of fused-ring (bicyclic) bond motifs is 1. The van der Waals surface area contributed by atoms with Crippen LogP contribution in [0.15, 0.2) is 18.2 Å². The van der Waals surface area contributed by atoms with E-state index in [9.17, 15) is 9.00 Å². The number of nitrogens with zero attached hydrogens (tertiary/aromatic N) is 1. The van der Waals surface area contributed by atoms with E-state index in [0.717, 1.165) is 10.1 Å². The number of carbonyl (C=O) groups is 1. The molecular weight excluding hydrogens is 308 g/mol. The number of thiophene rings is 1. The predicted octanol–water partition coefficient (Wildman–Crippen LogP) is 1.70. The predicted molar refractivity (Wildman–Crippen MR) is 86.6 cm³/mol. The number of nitrogens with two attached hydrogens (primary N) is 1. The fourth-order valence-corrected chi connectivity index (χ4v) is 4.61. The van der Waals surface area contributed by atoms with Crippen molar-refractivity contribution in [2.75, 3.05) is 37.4 Å². The highest BCUT2D eigenvalue weighted by Gasteiger charge is 2.26. The Morgan fingerprint density at radius 1 is 1.38 bits per heavy atom. The van der Waals surface area contributed by atoms with Crippen LogP contribution in [-0.4, -0.2) is 46.7 Å². The summed E-state index contributed by atoms with van der Waals surface area (Å²) >= 11 is 1.38. The zero-order valence-corrected chi connectivity index (χ0v) is 13.3. The average Bonchev–Trinajstić information content (AvgIpc) is 2.84. The summed E-state index contributed by atoms with van der Waals surface area (Å²) in [5, 5.41) is 0.800. The van der Waals surface area contributed by atoms with Gasteiger partial charge in [-0.05, 0) is 12.1 Å². The largest absolute Gasteiger partial charge is 0.496 e. The van der Waals surface area contributed by atoms with Crippen molar-refractivity contribution in [3.63, 3.8) is 0 Å². The van der Waals surface area contributed by atoms with E-state index in [-0.39, 0.29) is 5.91 Å². The lowest BCUT2D eigenvalue weighted by Gasteiger charge is -2.26. The Labute approximate surface area is 129 Å². The van der Waals surface area contributed by atoms with E-state index in [1.807, 2.05) is 18.2 Å². The molecule has 0 aliphatic carbocycles. The molecule has 0 spiro atoms. The lowest BCUT2D eigenvalue weighted by atomic mass is 10.2. The quantitative estimate of drug-likeness (QED) is 0.912. The van der Waals surface area contributed by atoms with Crippen molar-refractivity contribution in [1.82, 2.24) is 4.90 Å². The molecule has 21 heavy (non-hydrogen) atoms. The van der Waals surface area contributed by atoms with Crippen molar-refractivity contribution >= 4 is 43.8 Å². The lowest BCUT2D eigenvalue weighted by molar-refractivity contribution is 0.0777. The molecule has 0 radical (unpaired) electrons. The van der Waals surface area contributed by atoms with Crippen molar-refractivity contribution in [1.29, 1.82) is 0 Å². The Morgan fingerprint density at radius 2 is 2.10 bits per heavy atom. The number of anilines is 1. The number of hydrogen-bond donors (Lipinski definition) is 1. The second kappa shape index (κ2) is 5.65. The highest BCUT2D eigenvalue weighted by atomic mass is 32.2. The summed E-state index contributed by atoms with van der Waals surface area (Å²) in [4.78, 5) is 14.9. The Kier molecular flexibility index (Phi) is 3.86. The van der Waals surface area contributed by atoms with Crippen LogP contribution in [0.5, 0.6) is 5.75 Å². The number of carbonyl (C=O) groups excluding carboxylic acids is 1. The van der Waals surface area contributed by atoms with Crippen molar-refractivity contribution in [3.05, 3.63) is 23.1 Å². The van der Waals surface area contributed by atoms with Crippen LogP contribution in [0.4, 0.5) is 5.69 Å². The first kappa shape index (κ1) is 14.3. The van der Waals surface area contributed by atoms with Crippen molar-refractivity contribution < 1.29 is 13.7 Å². The van der Waals surface area contributed by atoms with Crippen LogP contribution >= 0.6 is 11.3 Å². The molecule has 0 atom stereocenters. The van der Waals surface area contributed by atoms with Gasteiger partial charge in [0, 0.05) is 40.1 Å². The van der Waals surface area contributed by atoms with E-state index >= 15 is 0 Å². The van der Waals surface area contributed by atoms with Crippen LogP contribution in [0.3, 0.4) is 0 Å². The summed E-state index contributed by atoms with van der Waals surface area (Å²) in [7, 11) is 0.790. The minimum atomic E-state index is -0.801. The third kappa shape index (κ3) is 2.51. The number of methoxy groups -OCH3 is 1. The Balaban J connectivity index is 1.99. The van der Waals surface area contributed by atoms with Gasteiger partial charge < -0.3 is 15.4 Å². The molecule has 7 heteroatoms. The van der Waals surface area contributed by atoms with Crippen molar-refractivity contribution in [3.8, 4) is 5.75 Å². The van der Waals surface area contributed by atoms with Crippen molar-refractivity contribution in [2.24, 2.45) is 0 Å². The van der Waals surface area contributed by atoms with Gasteiger partial charge >= 0.3 is 0 Å².